The minimum Gasteiger partial charge on any atom is -0.494 e. The average Bonchev–Trinajstić information content (AvgIpc) is 2.90. The molecule has 0 bridgehead atoms. The highest BCUT2D eigenvalue weighted by Gasteiger charge is 2.23. The summed E-state index contributed by atoms with van der Waals surface area (Å²) in [5, 5.41) is 11.8. The number of carbonyl (C=O) groups is 2. The number of benzene rings is 1. The fraction of sp³-hybridized carbons (Fsp3) is 0.368. The van der Waals surface area contributed by atoms with Gasteiger partial charge >= 0.3 is 5.97 Å². The number of thiophene rings is 1. The zero-order valence-corrected chi connectivity index (χ0v) is 15.8. The molecule has 0 saturated heterocycles. The maximum absolute atomic E-state index is 13.8. The van der Waals surface area contributed by atoms with Crippen LogP contribution in [0.3, 0.4) is 0 Å². The molecule has 2 rings (SSSR count). The van der Waals surface area contributed by atoms with Gasteiger partial charge in [-0.05, 0) is 56.0 Å². The second-order valence-electron chi connectivity index (χ2n) is 6.02. The van der Waals surface area contributed by atoms with Crippen LogP contribution in [0.1, 0.15) is 39.8 Å². The van der Waals surface area contributed by atoms with Gasteiger partial charge in [-0.3, -0.25) is 4.79 Å². The van der Waals surface area contributed by atoms with Crippen molar-refractivity contribution in [3.8, 4) is 5.75 Å². The Hall–Kier alpha value is -2.41. The van der Waals surface area contributed by atoms with E-state index in [0.717, 1.165) is 12.5 Å². The van der Waals surface area contributed by atoms with E-state index in [2.05, 4.69) is 11.4 Å². The highest BCUT2D eigenvalue weighted by molar-refractivity contribution is 7.12. The molecule has 1 amide bonds. The van der Waals surface area contributed by atoms with E-state index >= 15 is 0 Å². The van der Waals surface area contributed by atoms with Crippen molar-refractivity contribution in [3.05, 3.63) is 51.0 Å². The van der Waals surface area contributed by atoms with Crippen molar-refractivity contribution in [3.63, 3.8) is 0 Å². The molecule has 0 aliphatic heterocycles. The van der Waals surface area contributed by atoms with Gasteiger partial charge in [-0.2, -0.15) is 0 Å². The van der Waals surface area contributed by atoms with Crippen LogP contribution in [-0.2, 0) is 16.0 Å². The van der Waals surface area contributed by atoms with Crippen molar-refractivity contribution < 1.29 is 23.8 Å². The summed E-state index contributed by atoms with van der Waals surface area (Å²) in [4.78, 5) is 26.1. The van der Waals surface area contributed by atoms with Gasteiger partial charge in [-0.25, -0.2) is 9.18 Å². The molecule has 1 unspecified atom stereocenters. The molecule has 7 heteroatoms. The molecular weight excluding hydrogens is 357 g/mol. The van der Waals surface area contributed by atoms with Gasteiger partial charge in [0, 0.05) is 16.2 Å². The molecule has 2 N–H and O–H groups in total. The van der Waals surface area contributed by atoms with Gasteiger partial charge in [-0.15, -0.1) is 11.3 Å². The third-order valence-electron chi connectivity index (χ3n) is 4.06. The van der Waals surface area contributed by atoms with Crippen LogP contribution < -0.4 is 10.1 Å². The number of hydrogen-bond acceptors (Lipinski definition) is 4. The first-order valence-electron chi connectivity index (χ1n) is 8.23. The molecule has 0 saturated carbocycles. The fourth-order valence-electron chi connectivity index (χ4n) is 2.75. The monoisotopic (exact) mass is 379 g/mol. The van der Waals surface area contributed by atoms with Crippen LogP contribution in [0.4, 0.5) is 4.39 Å². The number of amides is 1. The second kappa shape index (κ2) is 8.80. The minimum atomic E-state index is -1.30. The van der Waals surface area contributed by atoms with Crippen LogP contribution in [0, 0.1) is 19.7 Å². The van der Waals surface area contributed by atoms with E-state index in [0.29, 0.717) is 6.42 Å². The second-order valence-corrected chi connectivity index (χ2v) is 7.49. The van der Waals surface area contributed by atoms with Crippen molar-refractivity contribution in [1.29, 1.82) is 0 Å². The third-order valence-corrected chi connectivity index (χ3v) is 5.06. The van der Waals surface area contributed by atoms with Crippen molar-refractivity contribution in [2.45, 2.75) is 39.2 Å². The quantitative estimate of drug-likeness (QED) is 0.732. The summed E-state index contributed by atoms with van der Waals surface area (Å²) < 4.78 is 18.6. The summed E-state index contributed by atoms with van der Waals surface area (Å²) in [6.07, 6.45) is 1.58. The Balaban J connectivity index is 1.96. The summed E-state index contributed by atoms with van der Waals surface area (Å²) in [6, 6.07) is 4.65. The zero-order chi connectivity index (χ0) is 19.3. The lowest BCUT2D eigenvalue weighted by atomic mass is 10.1. The number of halogens is 1. The van der Waals surface area contributed by atoms with Crippen LogP contribution in [0.25, 0.3) is 0 Å². The lowest BCUT2D eigenvalue weighted by Crippen LogP contribution is -2.33. The van der Waals surface area contributed by atoms with Gasteiger partial charge in [0.25, 0.3) is 0 Å². The highest BCUT2D eigenvalue weighted by atomic mass is 32.1. The Kier molecular flexibility index (Phi) is 6.74. The minimum absolute atomic E-state index is 0.0191. The summed E-state index contributed by atoms with van der Waals surface area (Å²) in [5.41, 5.74) is 1.38. The molecule has 0 spiro atoms. The summed E-state index contributed by atoms with van der Waals surface area (Å²) in [7, 11) is 1.32. The smallest absolute Gasteiger partial charge is 0.330 e. The van der Waals surface area contributed by atoms with Gasteiger partial charge in [0.2, 0.25) is 5.91 Å². The molecular formula is C19H22FNO4S. The Morgan fingerprint density at radius 1 is 1.31 bits per heavy atom. The number of methoxy groups -OCH3 is 1. The van der Waals surface area contributed by atoms with Crippen LogP contribution in [-0.4, -0.2) is 24.1 Å². The Morgan fingerprint density at radius 2 is 2.04 bits per heavy atom. The molecule has 0 aliphatic carbocycles. The Labute approximate surface area is 155 Å². The van der Waals surface area contributed by atoms with E-state index in [1.54, 1.807) is 11.3 Å². The molecule has 1 atom stereocenters. The number of ether oxygens (including phenoxy) is 1. The number of rotatable bonds is 8. The first kappa shape index (κ1) is 19.9. The maximum atomic E-state index is 13.8. The van der Waals surface area contributed by atoms with Gasteiger partial charge < -0.3 is 15.2 Å². The SMILES string of the molecule is COc1ccc(C(NC(=O)CCCc2cc(C)sc2C)C(=O)O)cc1F. The zero-order valence-electron chi connectivity index (χ0n) is 15.0. The molecule has 1 aromatic carbocycles. The summed E-state index contributed by atoms with van der Waals surface area (Å²) >= 11 is 1.72. The Bertz CT molecular complexity index is 803. The first-order chi connectivity index (χ1) is 12.3. The normalized spacial score (nSPS) is 11.8. The van der Waals surface area contributed by atoms with Gasteiger partial charge in [0.15, 0.2) is 17.6 Å². The lowest BCUT2D eigenvalue weighted by molar-refractivity contribution is -0.142. The van der Waals surface area contributed by atoms with Crippen molar-refractivity contribution >= 4 is 23.2 Å². The molecule has 2 aromatic rings. The lowest BCUT2D eigenvalue weighted by Gasteiger charge is -2.15. The van der Waals surface area contributed by atoms with Crippen molar-refractivity contribution in [2.75, 3.05) is 7.11 Å². The van der Waals surface area contributed by atoms with Crippen molar-refractivity contribution in [2.24, 2.45) is 0 Å². The van der Waals surface area contributed by atoms with Crippen LogP contribution in [0.5, 0.6) is 5.75 Å². The largest absolute Gasteiger partial charge is 0.494 e. The first-order valence-corrected chi connectivity index (χ1v) is 9.05. The molecule has 1 aromatic heterocycles. The molecule has 0 radical (unpaired) electrons. The summed E-state index contributed by atoms with van der Waals surface area (Å²) in [6.45, 7) is 4.09. The topological polar surface area (TPSA) is 75.6 Å². The van der Waals surface area contributed by atoms with E-state index < -0.39 is 17.8 Å². The van der Waals surface area contributed by atoms with Gasteiger partial charge in [0.05, 0.1) is 7.11 Å². The fourth-order valence-corrected chi connectivity index (χ4v) is 3.73. The Morgan fingerprint density at radius 3 is 2.58 bits per heavy atom. The predicted octanol–water partition coefficient (Wildman–Crippen LogP) is 3.78. The van der Waals surface area contributed by atoms with E-state index in [4.69, 9.17) is 4.74 Å². The molecule has 1 heterocycles. The molecule has 26 heavy (non-hydrogen) atoms. The molecule has 0 fully saturated rings. The number of carboxylic acid groups (broad SMARTS) is 1. The predicted molar refractivity (Wildman–Crippen MR) is 98.2 cm³/mol. The van der Waals surface area contributed by atoms with Gasteiger partial charge in [-0.1, -0.05) is 6.07 Å². The van der Waals surface area contributed by atoms with Crippen LogP contribution >= 0.6 is 11.3 Å². The maximum Gasteiger partial charge on any atom is 0.330 e. The van der Waals surface area contributed by atoms with E-state index in [1.165, 1.54) is 34.6 Å². The molecule has 140 valence electrons. The highest BCUT2D eigenvalue weighted by Crippen LogP contribution is 2.23. The van der Waals surface area contributed by atoms with Crippen molar-refractivity contribution in [1.82, 2.24) is 5.32 Å². The number of aryl methyl sites for hydroxylation is 3. The van der Waals surface area contributed by atoms with E-state index in [-0.39, 0.29) is 23.6 Å². The number of aliphatic carboxylic acids is 1. The molecule has 0 aliphatic rings. The number of carbonyl (C=O) groups excluding carboxylic acids is 1. The number of carboxylic acids is 1. The average molecular weight is 379 g/mol. The van der Waals surface area contributed by atoms with Crippen LogP contribution in [0.2, 0.25) is 0 Å². The number of hydrogen-bond donors (Lipinski definition) is 2. The third kappa shape index (κ3) is 5.05. The van der Waals surface area contributed by atoms with Crippen LogP contribution in [0.15, 0.2) is 24.3 Å². The standard InChI is InChI=1S/C19H22FNO4S/c1-11-9-13(12(2)26-11)5-4-6-17(22)21-18(19(23)24)14-7-8-16(25-3)15(20)10-14/h7-10,18H,4-6H2,1-3H3,(H,21,22)(H,23,24). The van der Waals surface area contributed by atoms with E-state index in [9.17, 15) is 19.1 Å². The van der Waals surface area contributed by atoms with E-state index in [1.807, 2.05) is 13.8 Å². The number of nitrogens with one attached hydrogen (secondary N) is 1. The molecule has 5 nitrogen and oxygen atoms in total. The summed E-state index contributed by atoms with van der Waals surface area (Å²) in [5.74, 6) is -2.27. The van der Waals surface area contributed by atoms with Gasteiger partial charge in [0.1, 0.15) is 0 Å².